The first kappa shape index (κ1) is 34.5. The second-order valence-corrected chi connectivity index (χ2v) is 11.7. The highest BCUT2D eigenvalue weighted by Crippen LogP contribution is 2.34. The van der Waals surface area contributed by atoms with Crippen molar-refractivity contribution in [3.8, 4) is 11.5 Å². The van der Waals surface area contributed by atoms with Crippen molar-refractivity contribution in [1.82, 2.24) is 4.57 Å². The lowest BCUT2D eigenvalue weighted by molar-refractivity contribution is 0.272. The number of allylic oxidation sites excluding steroid dienone is 3. The van der Waals surface area contributed by atoms with E-state index in [0.29, 0.717) is 24.7 Å². The average molecular weight is 567 g/mol. The summed E-state index contributed by atoms with van der Waals surface area (Å²) in [6.07, 6.45) is 21.1. The van der Waals surface area contributed by atoms with E-state index in [1.54, 1.807) is 4.57 Å². The Bertz CT molecular complexity index is 1140. The first-order valence-corrected chi connectivity index (χ1v) is 16.3. The summed E-state index contributed by atoms with van der Waals surface area (Å²) >= 11 is 0. The van der Waals surface area contributed by atoms with E-state index in [4.69, 9.17) is 9.47 Å². The zero-order valence-electron chi connectivity index (χ0n) is 27.1. The number of ether oxygens (including phenoxy) is 2. The van der Waals surface area contributed by atoms with E-state index in [2.05, 4.69) is 70.3 Å². The Hall–Kier alpha value is -2.69. The Kier molecular flexibility index (Phi) is 17.0. The minimum Gasteiger partial charge on any atom is -0.485 e. The summed E-state index contributed by atoms with van der Waals surface area (Å²) < 4.78 is 14.2. The van der Waals surface area contributed by atoms with Crippen LogP contribution in [0.2, 0.25) is 0 Å². The molecule has 0 saturated carbocycles. The Balaban J connectivity index is 2.19. The molecule has 0 radical (unpaired) electrons. The minimum atomic E-state index is -0.143. The highest BCUT2D eigenvalue weighted by Gasteiger charge is 2.18. The Morgan fingerprint density at radius 1 is 0.829 bits per heavy atom. The van der Waals surface area contributed by atoms with E-state index >= 15 is 0 Å². The molecule has 5 heteroatoms. The Labute approximate surface area is 250 Å². The van der Waals surface area contributed by atoms with E-state index in [0.717, 1.165) is 55.2 Å². The molecule has 0 atom stereocenters. The third-order valence-electron chi connectivity index (χ3n) is 7.66. The van der Waals surface area contributed by atoms with Crippen LogP contribution in [-0.2, 0) is 7.05 Å². The fourth-order valence-corrected chi connectivity index (χ4v) is 5.02. The third-order valence-corrected chi connectivity index (χ3v) is 7.66. The average Bonchev–Trinajstić information content (AvgIpc) is 2.95. The van der Waals surface area contributed by atoms with Crippen molar-refractivity contribution in [2.24, 2.45) is 7.05 Å². The van der Waals surface area contributed by atoms with Gasteiger partial charge in [-0.15, -0.1) is 0 Å². The van der Waals surface area contributed by atoms with Crippen molar-refractivity contribution in [2.75, 3.05) is 25.1 Å². The topological polar surface area (TPSA) is 52.5 Å². The molecular weight excluding hydrogens is 508 g/mol. The number of pyridine rings is 1. The molecule has 1 aromatic heterocycles. The molecule has 0 fully saturated rings. The molecule has 0 aliphatic carbocycles. The Morgan fingerprint density at radius 3 is 2.17 bits per heavy atom. The summed E-state index contributed by atoms with van der Waals surface area (Å²) in [6, 6.07) is 6.23. The fourth-order valence-electron chi connectivity index (χ4n) is 5.02. The van der Waals surface area contributed by atoms with Gasteiger partial charge in [0.15, 0.2) is 5.75 Å². The van der Waals surface area contributed by atoms with Crippen molar-refractivity contribution in [2.45, 2.75) is 125 Å². The van der Waals surface area contributed by atoms with Crippen LogP contribution in [0.4, 0.5) is 5.69 Å². The molecule has 0 aliphatic rings. The van der Waals surface area contributed by atoms with Gasteiger partial charge in [0.05, 0.1) is 12.1 Å². The van der Waals surface area contributed by atoms with Gasteiger partial charge in [0.2, 0.25) is 5.75 Å². The molecule has 41 heavy (non-hydrogen) atoms. The molecule has 0 bridgehead atoms. The van der Waals surface area contributed by atoms with E-state index in [1.165, 1.54) is 68.9 Å². The highest BCUT2D eigenvalue weighted by molar-refractivity contribution is 5.90. The highest BCUT2D eigenvalue weighted by atomic mass is 16.5. The van der Waals surface area contributed by atoms with E-state index in [9.17, 15) is 4.79 Å². The van der Waals surface area contributed by atoms with Gasteiger partial charge in [-0.25, -0.2) is 0 Å². The van der Waals surface area contributed by atoms with Gasteiger partial charge in [-0.1, -0.05) is 95.3 Å². The van der Waals surface area contributed by atoms with Crippen LogP contribution < -0.4 is 20.3 Å². The van der Waals surface area contributed by atoms with Gasteiger partial charge >= 0.3 is 0 Å². The number of hydrogen-bond donors (Lipinski definition) is 1. The van der Waals surface area contributed by atoms with Crippen LogP contribution in [0.25, 0.3) is 10.9 Å². The van der Waals surface area contributed by atoms with Crippen LogP contribution in [0.15, 0.2) is 46.3 Å². The van der Waals surface area contributed by atoms with Crippen LogP contribution in [-0.4, -0.2) is 24.3 Å². The first-order valence-electron chi connectivity index (χ1n) is 16.3. The SMILES string of the molecule is CCCCCCCCNc1ccc2c(OC/C=C(\C)CCC=C(C)C)c(OCCCCCCCC)c(=O)n(C)c2c1. The number of aryl methyl sites for hydroxylation is 1. The first-order chi connectivity index (χ1) is 19.9. The van der Waals surface area contributed by atoms with E-state index in [1.807, 2.05) is 7.05 Å². The number of anilines is 1. The van der Waals surface area contributed by atoms with Crippen LogP contribution in [0, 0.1) is 0 Å². The molecule has 5 nitrogen and oxygen atoms in total. The van der Waals surface area contributed by atoms with Gasteiger partial charge < -0.3 is 19.4 Å². The largest absolute Gasteiger partial charge is 0.485 e. The smallest absolute Gasteiger partial charge is 0.297 e. The lowest BCUT2D eigenvalue weighted by atomic mass is 10.1. The number of benzene rings is 1. The quantitative estimate of drug-likeness (QED) is 0.114. The lowest BCUT2D eigenvalue weighted by Crippen LogP contribution is -2.21. The van der Waals surface area contributed by atoms with Gasteiger partial charge in [0, 0.05) is 24.7 Å². The molecule has 1 aromatic carbocycles. The standard InChI is InChI=1S/C36H58N2O3/c1-7-9-11-13-15-17-25-37-31-22-23-32-33(28-31)38(6)36(39)35(40-26-18-16-14-12-10-8-2)34(32)41-27-24-30(5)21-19-20-29(3)4/h20,22-24,28,37H,7-19,21,25-27H2,1-6H3/b30-24+. The van der Waals surface area contributed by atoms with Crippen LogP contribution in [0.3, 0.4) is 0 Å². The zero-order valence-corrected chi connectivity index (χ0v) is 27.1. The zero-order chi connectivity index (χ0) is 29.9. The van der Waals surface area contributed by atoms with Gasteiger partial charge in [0.25, 0.3) is 5.56 Å². The second-order valence-electron chi connectivity index (χ2n) is 11.7. The summed E-state index contributed by atoms with van der Waals surface area (Å²) in [6.45, 7) is 12.8. The van der Waals surface area contributed by atoms with Crippen molar-refractivity contribution >= 4 is 16.6 Å². The molecule has 0 aliphatic heterocycles. The molecule has 2 aromatic rings. The normalized spacial score (nSPS) is 11.6. The van der Waals surface area contributed by atoms with E-state index < -0.39 is 0 Å². The molecule has 0 spiro atoms. The monoisotopic (exact) mass is 566 g/mol. The number of hydrogen-bond acceptors (Lipinski definition) is 4. The molecule has 230 valence electrons. The maximum absolute atomic E-state index is 13.5. The van der Waals surface area contributed by atoms with Gasteiger partial charge in [-0.05, 0) is 70.7 Å². The van der Waals surface area contributed by atoms with Crippen molar-refractivity contribution < 1.29 is 9.47 Å². The number of fused-ring (bicyclic) bond motifs is 1. The minimum absolute atomic E-state index is 0.143. The second kappa shape index (κ2) is 20.2. The van der Waals surface area contributed by atoms with Crippen molar-refractivity contribution in [1.29, 1.82) is 0 Å². The third kappa shape index (κ3) is 12.8. The Morgan fingerprint density at radius 2 is 1.49 bits per heavy atom. The summed E-state index contributed by atoms with van der Waals surface area (Å²) in [7, 11) is 1.83. The number of nitrogens with zero attached hydrogens (tertiary/aromatic N) is 1. The van der Waals surface area contributed by atoms with Gasteiger partial charge in [0.1, 0.15) is 6.61 Å². The summed E-state index contributed by atoms with van der Waals surface area (Å²) in [5, 5.41) is 4.46. The molecular formula is C36H58N2O3. The number of unbranched alkanes of at least 4 members (excludes halogenated alkanes) is 10. The molecule has 1 N–H and O–H groups in total. The summed E-state index contributed by atoms with van der Waals surface area (Å²) in [4.78, 5) is 13.5. The lowest BCUT2D eigenvalue weighted by Gasteiger charge is -2.18. The van der Waals surface area contributed by atoms with Crippen LogP contribution >= 0.6 is 0 Å². The van der Waals surface area contributed by atoms with Gasteiger partial charge in [-0.3, -0.25) is 4.79 Å². The fraction of sp³-hybridized carbons (Fsp3) is 0.639. The van der Waals surface area contributed by atoms with Crippen LogP contribution in [0.1, 0.15) is 125 Å². The number of nitrogens with one attached hydrogen (secondary N) is 1. The summed E-state index contributed by atoms with van der Waals surface area (Å²) in [5.41, 5.74) is 4.37. The molecule has 0 saturated heterocycles. The maximum atomic E-state index is 13.5. The molecule has 0 amide bonds. The number of rotatable bonds is 22. The van der Waals surface area contributed by atoms with Crippen molar-refractivity contribution in [3.63, 3.8) is 0 Å². The molecule has 1 heterocycles. The van der Waals surface area contributed by atoms with E-state index in [-0.39, 0.29) is 5.56 Å². The number of aromatic nitrogens is 1. The predicted molar refractivity (Wildman–Crippen MR) is 178 cm³/mol. The summed E-state index contributed by atoms with van der Waals surface area (Å²) in [5.74, 6) is 0.891. The maximum Gasteiger partial charge on any atom is 0.297 e. The molecule has 0 unspecified atom stereocenters. The van der Waals surface area contributed by atoms with Crippen molar-refractivity contribution in [3.05, 3.63) is 51.9 Å². The van der Waals surface area contributed by atoms with Crippen LogP contribution in [0.5, 0.6) is 11.5 Å². The van der Waals surface area contributed by atoms with Gasteiger partial charge in [-0.2, -0.15) is 0 Å². The predicted octanol–water partition coefficient (Wildman–Crippen LogP) is 10.1. The molecule has 2 rings (SSSR count).